The van der Waals surface area contributed by atoms with Crippen molar-refractivity contribution in [2.24, 2.45) is 0 Å². The Kier molecular flexibility index (Phi) is 7.36. The van der Waals surface area contributed by atoms with Crippen molar-refractivity contribution in [3.05, 3.63) is 63.7 Å². The van der Waals surface area contributed by atoms with E-state index < -0.39 is 4.92 Å². The van der Waals surface area contributed by atoms with Crippen LogP contribution < -0.4 is 9.47 Å². The van der Waals surface area contributed by atoms with Gasteiger partial charge in [-0.25, -0.2) is 0 Å². The van der Waals surface area contributed by atoms with Gasteiger partial charge in [-0.2, -0.15) is 0 Å². The third kappa shape index (κ3) is 6.46. The molecule has 0 aliphatic rings. The van der Waals surface area contributed by atoms with Crippen LogP contribution in [-0.4, -0.2) is 18.1 Å². The summed E-state index contributed by atoms with van der Waals surface area (Å²) < 4.78 is 11.2. The van der Waals surface area contributed by atoms with Crippen LogP contribution in [-0.2, 0) is 0 Å². The molecule has 0 aliphatic carbocycles. The van der Waals surface area contributed by atoms with Gasteiger partial charge in [0.1, 0.15) is 11.5 Å². The number of benzene rings is 2. The molecule has 0 saturated carbocycles. The lowest BCUT2D eigenvalue weighted by atomic mass is 10.2. The van der Waals surface area contributed by atoms with Crippen LogP contribution in [0.15, 0.2) is 48.5 Å². The molecule has 0 aromatic heterocycles. The van der Waals surface area contributed by atoms with Gasteiger partial charge in [0, 0.05) is 17.2 Å². The highest BCUT2D eigenvalue weighted by molar-refractivity contribution is 6.30. The molecule has 0 unspecified atom stereocenters. The van der Waals surface area contributed by atoms with Crippen LogP contribution in [0.25, 0.3) is 0 Å². The Morgan fingerprint density at radius 3 is 1.71 bits per heavy atom. The molecule has 0 N–H and O–H groups in total. The average molecular weight is 350 g/mol. The molecule has 0 spiro atoms. The second kappa shape index (κ2) is 9.78. The second-order valence-electron chi connectivity index (χ2n) is 5.32. The van der Waals surface area contributed by atoms with Crippen molar-refractivity contribution >= 4 is 17.3 Å². The van der Waals surface area contributed by atoms with Crippen LogP contribution in [0.3, 0.4) is 0 Å². The third-order valence-corrected chi connectivity index (χ3v) is 3.69. The summed E-state index contributed by atoms with van der Waals surface area (Å²) >= 11 is 5.81. The summed E-state index contributed by atoms with van der Waals surface area (Å²) in [6.07, 6.45) is 4.05. The quantitative estimate of drug-likeness (QED) is 0.333. The normalized spacial score (nSPS) is 10.4. The Morgan fingerprint density at radius 1 is 0.792 bits per heavy atom. The zero-order chi connectivity index (χ0) is 17.2. The van der Waals surface area contributed by atoms with E-state index >= 15 is 0 Å². The molecule has 0 radical (unpaired) electrons. The fourth-order valence-electron chi connectivity index (χ4n) is 2.13. The molecule has 5 nitrogen and oxygen atoms in total. The van der Waals surface area contributed by atoms with Crippen LogP contribution in [0, 0.1) is 10.1 Å². The van der Waals surface area contributed by atoms with E-state index in [2.05, 4.69) is 0 Å². The number of nitro benzene ring substituents is 1. The first kappa shape index (κ1) is 18.1. The van der Waals surface area contributed by atoms with Crippen molar-refractivity contribution < 1.29 is 14.4 Å². The number of nitrogens with zero attached hydrogens (tertiary/aromatic N) is 1. The SMILES string of the molecule is O=[N+]([O-])c1ccc(OCCCCCCOc2ccc(Cl)cc2)cc1. The van der Waals surface area contributed by atoms with Gasteiger partial charge in [0.05, 0.1) is 18.1 Å². The largest absolute Gasteiger partial charge is 0.494 e. The zero-order valence-electron chi connectivity index (χ0n) is 13.3. The van der Waals surface area contributed by atoms with Gasteiger partial charge in [0.2, 0.25) is 0 Å². The number of unbranched alkanes of at least 4 members (excludes halogenated alkanes) is 3. The summed E-state index contributed by atoms with van der Waals surface area (Å²) in [6, 6.07) is 13.5. The molecule has 0 bridgehead atoms. The van der Waals surface area contributed by atoms with Crippen LogP contribution in [0.2, 0.25) is 5.02 Å². The Hall–Kier alpha value is -2.27. The van der Waals surface area contributed by atoms with Crippen LogP contribution >= 0.6 is 11.6 Å². The lowest BCUT2D eigenvalue weighted by Crippen LogP contribution is -2.00. The second-order valence-corrected chi connectivity index (χ2v) is 5.75. The molecule has 0 aliphatic heterocycles. The van der Waals surface area contributed by atoms with Gasteiger partial charge >= 0.3 is 0 Å². The van der Waals surface area contributed by atoms with Crippen LogP contribution in [0.5, 0.6) is 11.5 Å². The fraction of sp³-hybridized carbons (Fsp3) is 0.333. The zero-order valence-corrected chi connectivity index (χ0v) is 14.1. The number of non-ortho nitro benzene ring substituents is 1. The van der Waals surface area contributed by atoms with Gasteiger partial charge in [-0.1, -0.05) is 11.6 Å². The van der Waals surface area contributed by atoms with Gasteiger partial charge in [-0.15, -0.1) is 0 Å². The summed E-state index contributed by atoms with van der Waals surface area (Å²) in [5, 5.41) is 11.3. The Labute approximate surface area is 146 Å². The van der Waals surface area contributed by atoms with E-state index in [1.54, 1.807) is 12.1 Å². The average Bonchev–Trinajstić information content (AvgIpc) is 2.59. The van der Waals surface area contributed by atoms with E-state index in [1.807, 2.05) is 24.3 Å². The fourth-order valence-corrected chi connectivity index (χ4v) is 2.26. The minimum atomic E-state index is -0.421. The highest BCUT2D eigenvalue weighted by Crippen LogP contribution is 2.18. The minimum Gasteiger partial charge on any atom is -0.494 e. The maximum absolute atomic E-state index is 10.6. The molecule has 0 fully saturated rings. The summed E-state index contributed by atoms with van der Waals surface area (Å²) in [5.41, 5.74) is 0.0723. The van der Waals surface area contributed by atoms with E-state index in [0.29, 0.717) is 24.0 Å². The molecule has 2 aromatic carbocycles. The van der Waals surface area contributed by atoms with E-state index in [4.69, 9.17) is 21.1 Å². The van der Waals surface area contributed by atoms with E-state index in [-0.39, 0.29) is 5.69 Å². The predicted molar refractivity (Wildman–Crippen MR) is 94.0 cm³/mol. The first-order valence-electron chi connectivity index (χ1n) is 7.91. The number of nitro groups is 1. The van der Waals surface area contributed by atoms with Crippen molar-refractivity contribution in [1.82, 2.24) is 0 Å². The number of rotatable bonds is 10. The third-order valence-electron chi connectivity index (χ3n) is 3.44. The summed E-state index contributed by atoms with van der Waals surface area (Å²) in [5.74, 6) is 1.49. The molecular weight excluding hydrogens is 330 g/mol. The van der Waals surface area contributed by atoms with Gasteiger partial charge in [0.15, 0.2) is 0 Å². The smallest absolute Gasteiger partial charge is 0.269 e. The van der Waals surface area contributed by atoms with Crippen LogP contribution in [0.1, 0.15) is 25.7 Å². The molecule has 6 heteroatoms. The molecule has 128 valence electrons. The predicted octanol–water partition coefficient (Wildman–Crippen LogP) is 5.27. The van der Waals surface area contributed by atoms with Crippen molar-refractivity contribution in [2.45, 2.75) is 25.7 Å². The number of ether oxygens (including phenoxy) is 2. The summed E-state index contributed by atoms with van der Waals surface area (Å²) in [7, 11) is 0. The summed E-state index contributed by atoms with van der Waals surface area (Å²) in [4.78, 5) is 10.1. The van der Waals surface area contributed by atoms with Gasteiger partial charge in [-0.3, -0.25) is 10.1 Å². The molecule has 2 aromatic rings. The first-order chi connectivity index (χ1) is 11.6. The highest BCUT2D eigenvalue weighted by atomic mass is 35.5. The van der Waals surface area contributed by atoms with Crippen LogP contribution in [0.4, 0.5) is 5.69 Å². The maximum atomic E-state index is 10.6. The molecule has 0 atom stereocenters. The molecular formula is C18H20ClNO4. The summed E-state index contributed by atoms with van der Waals surface area (Å²) in [6.45, 7) is 1.29. The Balaban J connectivity index is 1.50. The highest BCUT2D eigenvalue weighted by Gasteiger charge is 2.04. The number of hydrogen-bond donors (Lipinski definition) is 0. The van der Waals surface area contributed by atoms with Crippen molar-refractivity contribution in [2.75, 3.05) is 13.2 Å². The topological polar surface area (TPSA) is 61.6 Å². The lowest BCUT2D eigenvalue weighted by molar-refractivity contribution is -0.384. The van der Waals surface area contributed by atoms with Gasteiger partial charge in [-0.05, 0) is 62.1 Å². The molecule has 2 rings (SSSR count). The van der Waals surface area contributed by atoms with E-state index in [9.17, 15) is 10.1 Å². The standard InChI is InChI=1S/C18H20ClNO4/c19-15-5-9-17(10-6-15)23-13-3-1-2-4-14-24-18-11-7-16(8-12-18)20(21)22/h5-12H,1-4,13-14H2. The molecule has 24 heavy (non-hydrogen) atoms. The lowest BCUT2D eigenvalue weighted by Gasteiger charge is -2.07. The maximum Gasteiger partial charge on any atom is 0.269 e. The molecule has 0 saturated heterocycles. The Bertz CT molecular complexity index is 628. The first-order valence-corrected chi connectivity index (χ1v) is 8.28. The minimum absolute atomic E-state index is 0.0723. The van der Waals surface area contributed by atoms with Crippen molar-refractivity contribution in [3.8, 4) is 11.5 Å². The Morgan fingerprint density at radius 2 is 1.25 bits per heavy atom. The number of halogens is 1. The van der Waals surface area contributed by atoms with Crippen molar-refractivity contribution in [3.63, 3.8) is 0 Å². The van der Waals surface area contributed by atoms with Gasteiger partial charge < -0.3 is 9.47 Å². The number of hydrogen-bond acceptors (Lipinski definition) is 4. The molecule has 0 heterocycles. The van der Waals surface area contributed by atoms with E-state index in [1.165, 1.54) is 12.1 Å². The van der Waals surface area contributed by atoms with Crippen molar-refractivity contribution in [1.29, 1.82) is 0 Å². The molecule has 0 amide bonds. The monoisotopic (exact) mass is 349 g/mol. The van der Waals surface area contributed by atoms with Gasteiger partial charge in [0.25, 0.3) is 5.69 Å². The van der Waals surface area contributed by atoms with E-state index in [0.717, 1.165) is 31.4 Å².